The van der Waals surface area contributed by atoms with Crippen LogP contribution in [0, 0.1) is 0 Å². The SMILES string of the molecule is C(=Cc1ccncc1)CC1OCCO1. The molecule has 0 aromatic carbocycles. The topological polar surface area (TPSA) is 31.4 Å². The molecule has 1 aromatic heterocycles. The summed E-state index contributed by atoms with van der Waals surface area (Å²) in [4.78, 5) is 3.95. The van der Waals surface area contributed by atoms with E-state index < -0.39 is 0 Å². The van der Waals surface area contributed by atoms with Crippen molar-refractivity contribution < 1.29 is 9.47 Å². The van der Waals surface area contributed by atoms with Gasteiger partial charge in [0.1, 0.15) is 0 Å². The second kappa shape index (κ2) is 4.88. The highest BCUT2D eigenvalue weighted by Gasteiger charge is 2.13. The first-order valence-corrected chi connectivity index (χ1v) is 4.75. The van der Waals surface area contributed by atoms with Crippen molar-refractivity contribution in [1.82, 2.24) is 4.98 Å². The molecule has 0 bridgehead atoms. The van der Waals surface area contributed by atoms with Gasteiger partial charge in [-0.05, 0) is 17.7 Å². The molecule has 1 aromatic rings. The van der Waals surface area contributed by atoms with Crippen LogP contribution in [0.25, 0.3) is 6.08 Å². The lowest BCUT2D eigenvalue weighted by atomic mass is 10.2. The molecular weight excluding hydrogens is 178 g/mol. The fraction of sp³-hybridized carbons (Fsp3) is 0.364. The third kappa shape index (κ3) is 2.65. The lowest BCUT2D eigenvalue weighted by molar-refractivity contribution is -0.0379. The minimum Gasteiger partial charge on any atom is -0.350 e. The molecule has 0 saturated carbocycles. The van der Waals surface area contributed by atoms with E-state index in [1.54, 1.807) is 12.4 Å². The molecule has 1 saturated heterocycles. The van der Waals surface area contributed by atoms with E-state index in [-0.39, 0.29) is 6.29 Å². The van der Waals surface area contributed by atoms with Crippen molar-refractivity contribution in [1.29, 1.82) is 0 Å². The van der Waals surface area contributed by atoms with Gasteiger partial charge in [0.25, 0.3) is 0 Å². The van der Waals surface area contributed by atoms with Crippen molar-refractivity contribution in [3.63, 3.8) is 0 Å². The molecule has 0 unspecified atom stereocenters. The number of aromatic nitrogens is 1. The lowest BCUT2D eigenvalue weighted by Gasteiger charge is -2.03. The van der Waals surface area contributed by atoms with Crippen LogP contribution in [0.5, 0.6) is 0 Å². The number of nitrogens with zero attached hydrogens (tertiary/aromatic N) is 1. The van der Waals surface area contributed by atoms with Gasteiger partial charge in [-0.15, -0.1) is 0 Å². The van der Waals surface area contributed by atoms with Gasteiger partial charge in [0.05, 0.1) is 13.2 Å². The van der Waals surface area contributed by atoms with Gasteiger partial charge in [-0.25, -0.2) is 0 Å². The summed E-state index contributed by atoms with van der Waals surface area (Å²) in [5, 5.41) is 0. The van der Waals surface area contributed by atoms with Crippen molar-refractivity contribution in [2.24, 2.45) is 0 Å². The summed E-state index contributed by atoms with van der Waals surface area (Å²) in [5.41, 5.74) is 1.15. The predicted octanol–water partition coefficient (Wildman–Crippen LogP) is 1.86. The second-order valence-electron chi connectivity index (χ2n) is 3.09. The van der Waals surface area contributed by atoms with Crippen molar-refractivity contribution in [2.45, 2.75) is 12.7 Å². The Balaban J connectivity index is 1.82. The number of ether oxygens (including phenoxy) is 2. The molecule has 0 N–H and O–H groups in total. The average Bonchev–Trinajstić information content (AvgIpc) is 2.72. The Morgan fingerprint density at radius 2 is 2.00 bits per heavy atom. The average molecular weight is 191 g/mol. The van der Waals surface area contributed by atoms with Gasteiger partial charge >= 0.3 is 0 Å². The highest BCUT2D eigenvalue weighted by Crippen LogP contribution is 2.09. The molecule has 0 amide bonds. The van der Waals surface area contributed by atoms with Crippen LogP contribution < -0.4 is 0 Å². The first kappa shape index (κ1) is 9.37. The third-order valence-corrected chi connectivity index (χ3v) is 2.04. The van der Waals surface area contributed by atoms with Crippen LogP contribution in [0.4, 0.5) is 0 Å². The van der Waals surface area contributed by atoms with Crippen LogP contribution >= 0.6 is 0 Å². The molecule has 0 aliphatic carbocycles. The van der Waals surface area contributed by atoms with Gasteiger partial charge in [0.2, 0.25) is 0 Å². The minimum absolute atomic E-state index is 0.0481. The molecule has 2 heterocycles. The Kier molecular flexibility index (Phi) is 3.27. The highest BCUT2D eigenvalue weighted by molar-refractivity contribution is 5.47. The summed E-state index contributed by atoms with van der Waals surface area (Å²) >= 11 is 0. The van der Waals surface area contributed by atoms with E-state index in [0.29, 0.717) is 13.2 Å². The fourth-order valence-corrected chi connectivity index (χ4v) is 1.33. The Hall–Kier alpha value is -1.19. The zero-order valence-electron chi connectivity index (χ0n) is 7.93. The minimum atomic E-state index is -0.0481. The van der Waals surface area contributed by atoms with Crippen LogP contribution in [0.1, 0.15) is 12.0 Å². The molecule has 14 heavy (non-hydrogen) atoms. The smallest absolute Gasteiger partial charge is 0.161 e. The molecule has 3 nitrogen and oxygen atoms in total. The zero-order valence-corrected chi connectivity index (χ0v) is 7.93. The molecule has 0 radical (unpaired) electrons. The molecule has 0 atom stereocenters. The van der Waals surface area contributed by atoms with Crippen molar-refractivity contribution in [3.05, 3.63) is 36.2 Å². The quantitative estimate of drug-likeness (QED) is 0.730. The fourth-order valence-electron chi connectivity index (χ4n) is 1.33. The van der Waals surface area contributed by atoms with E-state index in [0.717, 1.165) is 12.0 Å². The first-order chi connectivity index (χ1) is 6.95. The van der Waals surface area contributed by atoms with E-state index in [1.807, 2.05) is 18.2 Å². The maximum atomic E-state index is 5.31. The Labute approximate surface area is 83.4 Å². The van der Waals surface area contributed by atoms with E-state index in [4.69, 9.17) is 9.47 Å². The molecule has 0 spiro atoms. The first-order valence-electron chi connectivity index (χ1n) is 4.75. The second-order valence-corrected chi connectivity index (χ2v) is 3.09. The van der Waals surface area contributed by atoms with Crippen LogP contribution in [0.2, 0.25) is 0 Å². The molecule has 1 aliphatic rings. The van der Waals surface area contributed by atoms with E-state index in [9.17, 15) is 0 Å². The summed E-state index contributed by atoms with van der Waals surface area (Å²) in [6.45, 7) is 1.43. The van der Waals surface area contributed by atoms with E-state index >= 15 is 0 Å². The van der Waals surface area contributed by atoms with Gasteiger partial charge < -0.3 is 9.47 Å². The van der Waals surface area contributed by atoms with Gasteiger partial charge in [-0.3, -0.25) is 4.98 Å². The number of hydrogen-bond acceptors (Lipinski definition) is 3. The van der Waals surface area contributed by atoms with Crippen LogP contribution in [0.3, 0.4) is 0 Å². The standard InChI is InChI=1S/C11H13NO2/c1(3-11-13-8-9-14-11)2-10-4-6-12-7-5-10/h1-2,4-7,11H,3,8-9H2. The van der Waals surface area contributed by atoms with Crippen LogP contribution in [0.15, 0.2) is 30.6 Å². The molecule has 3 heteroatoms. The molecule has 1 fully saturated rings. The molecule has 1 aliphatic heterocycles. The Morgan fingerprint density at radius 3 is 2.71 bits per heavy atom. The van der Waals surface area contributed by atoms with Crippen LogP contribution in [-0.4, -0.2) is 24.5 Å². The Bertz CT molecular complexity index is 291. The van der Waals surface area contributed by atoms with Gasteiger partial charge in [0.15, 0.2) is 6.29 Å². The van der Waals surface area contributed by atoms with Crippen LogP contribution in [-0.2, 0) is 9.47 Å². The summed E-state index contributed by atoms with van der Waals surface area (Å²) in [7, 11) is 0. The lowest BCUT2D eigenvalue weighted by Crippen LogP contribution is -2.04. The normalized spacial score (nSPS) is 18.0. The van der Waals surface area contributed by atoms with Gasteiger partial charge in [-0.1, -0.05) is 12.2 Å². The summed E-state index contributed by atoms with van der Waals surface area (Å²) in [6, 6.07) is 3.93. The molecular formula is C11H13NO2. The van der Waals surface area contributed by atoms with E-state index in [2.05, 4.69) is 11.1 Å². The predicted molar refractivity (Wildman–Crippen MR) is 53.6 cm³/mol. The van der Waals surface area contributed by atoms with E-state index in [1.165, 1.54) is 0 Å². The summed E-state index contributed by atoms with van der Waals surface area (Å²) in [5.74, 6) is 0. The number of rotatable bonds is 3. The van der Waals surface area contributed by atoms with Crippen molar-refractivity contribution >= 4 is 6.08 Å². The number of pyridine rings is 1. The molecule has 74 valence electrons. The highest BCUT2D eigenvalue weighted by atomic mass is 16.7. The third-order valence-electron chi connectivity index (χ3n) is 2.04. The monoisotopic (exact) mass is 191 g/mol. The largest absolute Gasteiger partial charge is 0.350 e. The molecule has 2 rings (SSSR count). The van der Waals surface area contributed by atoms with Gasteiger partial charge in [-0.2, -0.15) is 0 Å². The Morgan fingerprint density at radius 1 is 1.29 bits per heavy atom. The maximum absolute atomic E-state index is 5.31. The maximum Gasteiger partial charge on any atom is 0.161 e. The number of hydrogen-bond donors (Lipinski definition) is 0. The van der Waals surface area contributed by atoms with Crippen molar-refractivity contribution in [2.75, 3.05) is 13.2 Å². The van der Waals surface area contributed by atoms with Crippen molar-refractivity contribution in [3.8, 4) is 0 Å². The zero-order chi connectivity index (χ0) is 9.64. The summed E-state index contributed by atoms with van der Waals surface area (Å²) < 4.78 is 10.6. The van der Waals surface area contributed by atoms with Gasteiger partial charge in [0, 0.05) is 18.8 Å². The summed E-state index contributed by atoms with van der Waals surface area (Å²) in [6.07, 6.45) is 8.43.